The molecular formula is C17H22N2O2. The van der Waals surface area contributed by atoms with Crippen LogP contribution in [0.5, 0.6) is 0 Å². The summed E-state index contributed by atoms with van der Waals surface area (Å²) in [4.78, 5) is 29.4. The number of fused-ring (bicyclic) bond motifs is 2. The zero-order chi connectivity index (χ0) is 15.3. The number of amides is 1. The molecule has 0 aliphatic heterocycles. The van der Waals surface area contributed by atoms with Crippen LogP contribution >= 0.6 is 0 Å². The number of hydrogen-bond acceptors (Lipinski definition) is 3. The SMILES string of the molecule is CC1(C)[C@@]2(C(=O)NCc3ccccn3)CC[C@]1(C)C(=O)C2. The number of hydrogen-bond donors (Lipinski definition) is 1. The minimum atomic E-state index is -0.548. The molecule has 2 aliphatic rings. The molecule has 1 aromatic rings. The highest BCUT2D eigenvalue weighted by molar-refractivity contribution is 5.99. The summed E-state index contributed by atoms with van der Waals surface area (Å²) in [5.74, 6) is 0.250. The lowest BCUT2D eigenvalue weighted by atomic mass is 9.64. The Balaban J connectivity index is 1.80. The second-order valence-corrected chi connectivity index (χ2v) is 7.14. The fourth-order valence-corrected chi connectivity index (χ4v) is 4.20. The van der Waals surface area contributed by atoms with Crippen molar-refractivity contribution in [2.24, 2.45) is 16.2 Å². The van der Waals surface area contributed by atoms with Crippen molar-refractivity contribution in [2.75, 3.05) is 0 Å². The fourth-order valence-electron chi connectivity index (χ4n) is 4.20. The number of rotatable bonds is 3. The van der Waals surface area contributed by atoms with Gasteiger partial charge in [0, 0.05) is 18.0 Å². The molecule has 1 N–H and O–H groups in total. The summed E-state index contributed by atoms with van der Waals surface area (Å²) in [6.45, 7) is 6.59. The topological polar surface area (TPSA) is 59.1 Å². The van der Waals surface area contributed by atoms with Crippen molar-refractivity contribution in [3.63, 3.8) is 0 Å². The van der Waals surface area contributed by atoms with Crippen molar-refractivity contribution in [1.29, 1.82) is 0 Å². The summed E-state index contributed by atoms with van der Waals surface area (Å²) in [5, 5.41) is 3.00. The molecule has 4 heteroatoms. The number of ketones is 1. The van der Waals surface area contributed by atoms with Crippen LogP contribution in [0.1, 0.15) is 45.7 Å². The van der Waals surface area contributed by atoms with Crippen molar-refractivity contribution in [2.45, 2.75) is 46.6 Å². The van der Waals surface area contributed by atoms with Crippen LogP contribution < -0.4 is 5.32 Å². The second kappa shape index (κ2) is 4.39. The van der Waals surface area contributed by atoms with Crippen molar-refractivity contribution in [3.05, 3.63) is 30.1 Å². The largest absolute Gasteiger partial charge is 0.350 e. The van der Waals surface area contributed by atoms with Gasteiger partial charge in [0.25, 0.3) is 0 Å². The molecule has 1 amide bonds. The van der Waals surface area contributed by atoms with E-state index in [-0.39, 0.29) is 22.5 Å². The fraction of sp³-hybridized carbons (Fsp3) is 0.588. The Morgan fingerprint density at radius 3 is 2.57 bits per heavy atom. The highest BCUT2D eigenvalue weighted by atomic mass is 16.2. The van der Waals surface area contributed by atoms with E-state index in [4.69, 9.17) is 0 Å². The average Bonchev–Trinajstić information content (AvgIpc) is 2.76. The van der Waals surface area contributed by atoms with Crippen LogP contribution in [0.4, 0.5) is 0 Å². The molecule has 21 heavy (non-hydrogen) atoms. The summed E-state index contributed by atoms with van der Waals surface area (Å²) in [7, 11) is 0. The molecule has 1 aromatic heterocycles. The number of aromatic nitrogens is 1. The summed E-state index contributed by atoms with van der Waals surface area (Å²) < 4.78 is 0. The van der Waals surface area contributed by atoms with Gasteiger partial charge in [0.15, 0.2) is 0 Å². The minimum Gasteiger partial charge on any atom is -0.350 e. The van der Waals surface area contributed by atoms with Crippen molar-refractivity contribution in [1.82, 2.24) is 10.3 Å². The monoisotopic (exact) mass is 286 g/mol. The number of pyridine rings is 1. The molecule has 0 saturated heterocycles. The van der Waals surface area contributed by atoms with Crippen LogP contribution in [-0.4, -0.2) is 16.7 Å². The molecule has 2 aliphatic carbocycles. The number of nitrogens with zero attached hydrogens (tertiary/aromatic N) is 1. The van der Waals surface area contributed by atoms with E-state index < -0.39 is 5.41 Å². The predicted octanol–water partition coefficient (Wildman–Crippen LogP) is 2.48. The summed E-state index contributed by atoms with van der Waals surface area (Å²) in [6.07, 6.45) is 3.71. The smallest absolute Gasteiger partial charge is 0.227 e. The Hall–Kier alpha value is -1.71. The van der Waals surface area contributed by atoms with Crippen LogP contribution in [0.15, 0.2) is 24.4 Å². The zero-order valence-corrected chi connectivity index (χ0v) is 12.9. The summed E-state index contributed by atoms with van der Waals surface area (Å²) in [5.41, 5.74) is -0.348. The van der Waals surface area contributed by atoms with E-state index in [1.54, 1.807) is 6.20 Å². The molecule has 0 aromatic carbocycles. The van der Waals surface area contributed by atoms with Gasteiger partial charge in [-0.2, -0.15) is 0 Å². The first kappa shape index (κ1) is 14.2. The third-order valence-electron chi connectivity index (χ3n) is 6.30. The zero-order valence-electron chi connectivity index (χ0n) is 12.9. The summed E-state index contributed by atoms with van der Waals surface area (Å²) in [6, 6.07) is 5.65. The molecule has 0 unspecified atom stereocenters. The highest BCUT2D eigenvalue weighted by Gasteiger charge is 2.72. The molecule has 1 heterocycles. The second-order valence-electron chi connectivity index (χ2n) is 7.14. The van der Waals surface area contributed by atoms with E-state index in [0.717, 1.165) is 18.5 Å². The molecule has 4 nitrogen and oxygen atoms in total. The van der Waals surface area contributed by atoms with E-state index in [9.17, 15) is 9.59 Å². The average molecular weight is 286 g/mol. The standard InChI is InChI=1S/C17H22N2O2/c1-15(2)16(3)7-8-17(15,10-13(16)20)14(21)19-11-12-6-4-5-9-18-12/h4-6,9H,7-8,10-11H2,1-3H3,(H,19,21)/t16-,17+/m1/s1. The number of carbonyl (C=O) groups is 2. The molecule has 0 spiro atoms. The van der Waals surface area contributed by atoms with Gasteiger partial charge in [-0.1, -0.05) is 26.8 Å². The lowest BCUT2D eigenvalue weighted by molar-refractivity contribution is -0.136. The maximum atomic E-state index is 12.8. The molecule has 2 saturated carbocycles. The van der Waals surface area contributed by atoms with E-state index in [1.807, 2.05) is 25.1 Å². The van der Waals surface area contributed by atoms with E-state index in [2.05, 4.69) is 24.1 Å². The van der Waals surface area contributed by atoms with Gasteiger partial charge in [-0.3, -0.25) is 14.6 Å². The van der Waals surface area contributed by atoms with Crippen molar-refractivity contribution >= 4 is 11.7 Å². The Labute approximate surface area is 125 Å². The van der Waals surface area contributed by atoms with Gasteiger partial charge >= 0.3 is 0 Å². The Morgan fingerprint density at radius 1 is 1.29 bits per heavy atom. The van der Waals surface area contributed by atoms with E-state index in [1.165, 1.54) is 0 Å². The first-order valence-corrected chi connectivity index (χ1v) is 7.55. The van der Waals surface area contributed by atoms with Gasteiger partial charge in [-0.15, -0.1) is 0 Å². The third-order valence-corrected chi connectivity index (χ3v) is 6.30. The van der Waals surface area contributed by atoms with Gasteiger partial charge in [-0.25, -0.2) is 0 Å². The first-order chi connectivity index (χ1) is 9.83. The molecule has 112 valence electrons. The number of nitrogens with one attached hydrogen (secondary N) is 1. The van der Waals surface area contributed by atoms with Crippen LogP contribution in [0.25, 0.3) is 0 Å². The quantitative estimate of drug-likeness (QED) is 0.928. The van der Waals surface area contributed by atoms with Gasteiger partial charge in [0.05, 0.1) is 17.7 Å². The van der Waals surface area contributed by atoms with Crippen LogP contribution in [-0.2, 0) is 16.1 Å². The summed E-state index contributed by atoms with van der Waals surface area (Å²) >= 11 is 0. The molecular weight excluding hydrogens is 264 g/mol. The lowest BCUT2D eigenvalue weighted by Gasteiger charge is -2.38. The molecule has 3 rings (SSSR count). The minimum absolute atomic E-state index is 0.00716. The van der Waals surface area contributed by atoms with E-state index >= 15 is 0 Å². The first-order valence-electron chi connectivity index (χ1n) is 7.55. The molecule has 2 fully saturated rings. The van der Waals surface area contributed by atoms with Crippen LogP contribution in [0.2, 0.25) is 0 Å². The van der Waals surface area contributed by atoms with E-state index in [0.29, 0.717) is 13.0 Å². The Kier molecular flexibility index (Phi) is 2.98. The Bertz CT molecular complexity index is 596. The molecule has 2 bridgehead atoms. The number of Topliss-reactive ketones (excluding diaryl/α,β-unsaturated/α-hetero) is 1. The highest BCUT2D eigenvalue weighted by Crippen LogP contribution is 2.70. The Morgan fingerprint density at radius 2 is 2.05 bits per heavy atom. The third kappa shape index (κ3) is 1.71. The molecule has 2 atom stereocenters. The molecule has 0 radical (unpaired) electrons. The normalized spacial score (nSPS) is 33.2. The van der Waals surface area contributed by atoms with Crippen molar-refractivity contribution in [3.8, 4) is 0 Å². The van der Waals surface area contributed by atoms with Gasteiger partial charge in [-0.05, 0) is 30.4 Å². The van der Waals surface area contributed by atoms with Gasteiger partial charge in [0.2, 0.25) is 5.91 Å². The predicted molar refractivity (Wildman–Crippen MR) is 79.3 cm³/mol. The van der Waals surface area contributed by atoms with Crippen LogP contribution in [0.3, 0.4) is 0 Å². The lowest BCUT2D eigenvalue weighted by Crippen LogP contribution is -2.46. The van der Waals surface area contributed by atoms with Gasteiger partial charge < -0.3 is 5.32 Å². The maximum absolute atomic E-state index is 12.8. The van der Waals surface area contributed by atoms with Crippen molar-refractivity contribution < 1.29 is 9.59 Å². The number of carbonyl (C=O) groups excluding carboxylic acids is 2. The maximum Gasteiger partial charge on any atom is 0.227 e. The van der Waals surface area contributed by atoms with Crippen LogP contribution in [0, 0.1) is 16.2 Å². The van der Waals surface area contributed by atoms with Gasteiger partial charge in [0.1, 0.15) is 5.78 Å².